The van der Waals surface area contributed by atoms with Crippen LogP contribution in [0.3, 0.4) is 0 Å². The number of rotatable bonds is 5. The summed E-state index contributed by atoms with van der Waals surface area (Å²) in [5.41, 5.74) is 7.51. The highest BCUT2D eigenvalue weighted by atomic mass is 32.2. The zero-order valence-corrected chi connectivity index (χ0v) is 19.3. The van der Waals surface area contributed by atoms with Crippen LogP contribution in [-0.2, 0) is 23.9 Å². The van der Waals surface area contributed by atoms with Gasteiger partial charge in [-0.2, -0.15) is 0 Å². The third kappa shape index (κ3) is 3.54. The van der Waals surface area contributed by atoms with Crippen molar-refractivity contribution in [3.8, 4) is 0 Å². The van der Waals surface area contributed by atoms with E-state index in [-0.39, 0.29) is 5.91 Å². The fourth-order valence-corrected chi connectivity index (χ4v) is 6.17. The van der Waals surface area contributed by atoms with Gasteiger partial charge < -0.3 is 25.4 Å². The fourth-order valence-electron chi connectivity index (χ4n) is 4.55. The smallest absolute Gasteiger partial charge is 0.342 e. The minimum Gasteiger partial charge on any atom is -0.419 e. The number of esters is 2. The molecule has 9 nitrogen and oxygen atoms in total. The maximum absolute atomic E-state index is 13.2. The predicted molar refractivity (Wildman–Crippen MR) is 122 cm³/mol. The third-order valence-corrected chi connectivity index (χ3v) is 7.85. The quantitative estimate of drug-likeness (QED) is 0.487. The first-order valence-electron chi connectivity index (χ1n) is 10.8. The Balaban J connectivity index is 1.28. The lowest BCUT2D eigenvalue weighted by molar-refractivity contribution is -0.180. The molecule has 0 bridgehead atoms. The van der Waals surface area contributed by atoms with Crippen molar-refractivity contribution in [2.24, 2.45) is 5.73 Å². The van der Waals surface area contributed by atoms with Crippen molar-refractivity contribution in [1.82, 2.24) is 10.2 Å². The zero-order chi connectivity index (χ0) is 24.2. The molecule has 0 spiro atoms. The molecule has 3 heterocycles. The van der Waals surface area contributed by atoms with E-state index in [0.29, 0.717) is 16.7 Å². The van der Waals surface area contributed by atoms with Gasteiger partial charge in [0.15, 0.2) is 0 Å². The van der Waals surface area contributed by atoms with Gasteiger partial charge in [-0.15, -0.1) is 11.8 Å². The van der Waals surface area contributed by atoms with Crippen LogP contribution in [0.1, 0.15) is 47.7 Å². The molecule has 3 unspecified atom stereocenters. The minimum absolute atomic E-state index is 0.343. The average Bonchev–Trinajstić information content (AvgIpc) is 3.28. The highest BCUT2D eigenvalue weighted by Gasteiger charge is 2.65. The second-order valence-corrected chi connectivity index (χ2v) is 10.7. The number of nitrogens with zero attached hydrogens (tertiary/aromatic N) is 1. The average molecular weight is 482 g/mol. The Bertz CT molecular complexity index is 1190. The number of fused-ring (bicyclic) bond motifs is 2. The molecule has 34 heavy (non-hydrogen) atoms. The summed E-state index contributed by atoms with van der Waals surface area (Å²) in [5.74, 6) is -2.09. The molecule has 3 aliphatic heterocycles. The molecule has 0 saturated carbocycles. The van der Waals surface area contributed by atoms with Crippen molar-refractivity contribution in [1.29, 1.82) is 0 Å². The molecule has 3 N–H and O–H groups in total. The van der Waals surface area contributed by atoms with Crippen molar-refractivity contribution >= 4 is 35.5 Å². The highest BCUT2D eigenvalue weighted by molar-refractivity contribution is 8.01. The topological polar surface area (TPSA) is 128 Å². The van der Waals surface area contributed by atoms with Gasteiger partial charge in [-0.3, -0.25) is 9.59 Å². The van der Waals surface area contributed by atoms with Gasteiger partial charge >= 0.3 is 11.9 Å². The van der Waals surface area contributed by atoms with E-state index < -0.39 is 52.4 Å². The van der Waals surface area contributed by atoms with Gasteiger partial charge in [-0.1, -0.05) is 48.5 Å². The number of carbonyl (C=O) groups is 4. The van der Waals surface area contributed by atoms with Crippen molar-refractivity contribution < 1.29 is 28.7 Å². The second kappa shape index (κ2) is 8.14. The number of amides is 2. The number of cyclic esters (lactones) is 1. The zero-order valence-electron chi connectivity index (χ0n) is 18.5. The number of ether oxygens (including phenoxy) is 2. The molecule has 5 rings (SSSR count). The fraction of sp³-hybridized carbons (Fsp3) is 0.333. The predicted octanol–water partition coefficient (Wildman–Crippen LogP) is 1.65. The lowest BCUT2D eigenvalue weighted by Crippen LogP contribution is -2.71. The lowest BCUT2D eigenvalue weighted by Gasteiger charge is -2.44. The molecule has 0 aliphatic carbocycles. The summed E-state index contributed by atoms with van der Waals surface area (Å²) in [4.78, 5) is 52.3. The number of β-lactam (4-membered cyclic amide) rings is 1. The highest BCUT2D eigenvalue weighted by Crippen LogP contribution is 2.51. The monoisotopic (exact) mass is 481 g/mol. The molecule has 176 valence electrons. The van der Waals surface area contributed by atoms with Gasteiger partial charge in [-0.05, 0) is 25.5 Å². The summed E-state index contributed by atoms with van der Waals surface area (Å²) in [5, 5.41) is 2.29. The number of carbonyl (C=O) groups excluding carboxylic acids is 4. The first-order valence-corrected chi connectivity index (χ1v) is 11.7. The first-order chi connectivity index (χ1) is 16.2. The number of nitrogens with one attached hydrogen (secondary N) is 1. The van der Waals surface area contributed by atoms with Gasteiger partial charge in [-0.25, -0.2) is 9.59 Å². The molecule has 2 aromatic carbocycles. The molecule has 2 fully saturated rings. The molecule has 2 amide bonds. The van der Waals surface area contributed by atoms with Crippen LogP contribution in [0.5, 0.6) is 0 Å². The van der Waals surface area contributed by atoms with Crippen LogP contribution in [0.4, 0.5) is 0 Å². The van der Waals surface area contributed by atoms with Crippen molar-refractivity contribution in [2.75, 3.05) is 0 Å². The van der Waals surface area contributed by atoms with Gasteiger partial charge in [0.05, 0.1) is 5.56 Å². The summed E-state index contributed by atoms with van der Waals surface area (Å²) in [6.07, 6.45) is -1.16. The van der Waals surface area contributed by atoms with E-state index >= 15 is 0 Å². The van der Waals surface area contributed by atoms with E-state index in [1.807, 2.05) is 19.9 Å². The molecular weight excluding hydrogens is 458 g/mol. The molecular formula is C24H23N3O6S. The second-order valence-electron chi connectivity index (χ2n) is 8.90. The number of benzene rings is 2. The molecule has 5 atom stereocenters. The molecule has 2 saturated heterocycles. The summed E-state index contributed by atoms with van der Waals surface area (Å²) in [7, 11) is 0. The van der Waals surface area contributed by atoms with Crippen LogP contribution in [0.2, 0.25) is 0 Å². The summed E-state index contributed by atoms with van der Waals surface area (Å²) in [6.45, 7) is 3.66. The molecule has 10 heteroatoms. The minimum atomic E-state index is -1.16. The van der Waals surface area contributed by atoms with Gasteiger partial charge in [0.2, 0.25) is 11.8 Å². The van der Waals surface area contributed by atoms with Gasteiger partial charge in [0, 0.05) is 10.3 Å². The number of hydrogen-bond acceptors (Lipinski definition) is 8. The lowest BCUT2D eigenvalue weighted by atomic mass is 9.95. The Morgan fingerprint density at radius 2 is 1.79 bits per heavy atom. The number of hydrogen-bond donors (Lipinski definition) is 2. The Kier molecular flexibility index (Phi) is 5.37. The van der Waals surface area contributed by atoms with E-state index in [4.69, 9.17) is 15.2 Å². The van der Waals surface area contributed by atoms with E-state index in [2.05, 4.69) is 5.32 Å². The molecule has 2 aromatic rings. The van der Waals surface area contributed by atoms with Crippen LogP contribution < -0.4 is 11.1 Å². The SMILES string of the molecule is CC1(C)S[C@@H]2C(NC(=O)C(N)c3ccccc3)C(=O)N2[C@H]1C(=O)OC1OC(=O)c2ccccc21. The van der Waals surface area contributed by atoms with E-state index in [0.717, 1.165) is 0 Å². The van der Waals surface area contributed by atoms with E-state index in [9.17, 15) is 19.2 Å². The summed E-state index contributed by atoms with van der Waals surface area (Å²) >= 11 is 1.40. The van der Waals surface area contributed by atoms with Crippen molar-refractivity contribution in [3.63, 3.8) is 0 Å². The standard InChI is InChI=1S/C24H23N3O6S/c1-24(2)17(22(31)33-23-14-11-7-6-10-13(14)21(30)32-23)27-19(29)16(20(27)34-24)26-18(28)15(25)12-8-4-3-5-9-12/h3-11,15-17,20,23H,25H2,1-2H3,(H,26,28)/t15?,16?,17-,20+,23?/m0/s1. The third-order valence-electron chi connectivity index (χ3n) is 6.28. The van der Waals surface area contributed by atoms with E-state index in [1.165, 1.54) is 16.7 Å². The van der Waals surface area contributed by atoms with Crippen LogP contribution in [0, 0.1) is 0 Å². The molecule has 0 aromatic heterocycles. The van der Waals surface area contributed by atoms with Crippen LogP contribution in [0.25, 0.3) is 0 Å². The van der Waals surface area contributed by atoms with E-state index in [1.54, 1.807) is 48.5 Å². The normalized spacial score (nSPS) is 27.2. The van der Waals surface area contributed by atoms with Crippen LogP contribution in [0.15, 0.2) is 54.6 Å². The largest absolute Gasteiger partial charge is 0.419 e. The van der Waals surface area contributed by atoms with Crippen LogP contribution >= 0.6 is 11.8 Å². The van der Waals surface area contributed by atoms with Crippen molar-refractivity contribution in [2.45, 2.75) is 48.4 Å². The van der Waals surface area contributed by atoms with Crippen LogP contribution in [-0.4, -0.2) is 50.9 Å². The first kappa shape index (κ1) is 22.4. The Labute approximate surface area is 199 Å². The Hall–Kier alpha value is -3.37. The Morgan fingerprint density at radius 3 is 2.53 bits per heavy atom. The number of thioether (sulfide) groups is 1. The maximum atomic E-state index is 13.2. The summed E-state index contributed by atoms with van der Waals surface area (Å²) < 4.78 is 10.1. The van der Waals surface area contributed by atoms with Gasteiger partial charge in [0.25, 0.3) is 6.29 Å². The Morgan fingerprint density at radius 1 is 1.12 bits per heavy atom. The molecule has 0 radical (unpaired) electrons. The van der Waals surface area contributed by atoms with Crippen molar-refractivity contribution in [3.05, 3.63) is 71.3 Å². The van der Waals surface area contributed by atoms with Gasteiger partial charge in [0.1, 0.15) is 23.5 Å². The number of nitrogens with two attached hydrogens (primary N) is 1. The molecule has 3 aliphatic rings. The summed E-state index contributed by atoms with van der Waals surface area (Å²) in [6, 6.07) is 12.9. The maximum Gasteiger partial charge on any atom is 0.342 e.